The minimum Gasteiger partial charge on any atom is -0.356 e. The summed E-state index contributed by atoms with van der Waals surface area (Å²) in [7, 11) is 0. The summed E-state index contributed by atoms with van der Waals surface area (Å²) in [6.07, 6.45) is 4.85. The first-order valence-corrected chi connectivity index (χ1v) is 8.57. The van der Waals surface area contributed by atoms with Gasteiger partial charge in [0.05, 0.1) is 0 Å². The number of halogens is 1. The zero-order chi connectivity index (χ0) is 13.2. The fourth-order valence-electron chi connectivity index (χ4n) is 1.72. The van der Waals surface area contributed by atoms with Crippen molar-refractivity contribution in [1.29, 1.82) is 0 Å². The van der Waals surface area contributed by atoms with E-state index in [0.717, 1.165) is 31.1 Å². The smallest absolute Gasteiger partial charge is 0.220 e. The molecule has 102 valence electrons. The molecule has 0 spiro atoms. The predicted octanol–water partition coefficient (Wildman–Crippen LogP) is 4.00. The van der Waals surface area contributed by atoms with E-state index in [-0.39, 0.29) is 5.91 Å². The molecule has 1 aromatic rings. The number of amides is 1. The molecule has 0 aliphatic heterocycles. The van der Waals surface area contributed by atoms with Crippen LogP contribution >= 0.6 is 27.3 Å². The van der Waals surface area contributed by atoms with Crippen molar-refractivity contribution in [1.82, 2.24) is 5.32 Å². The molecule has 1 heterocycles. The lowest BCUT2D eigenvalue weighted by Gasteiger charge is -2.08. The Bertz CT molecular complexity index is 327. The van der Waals surface area contributed by atoms with Crippen molar-refractivity contribution in [2.75, 3.05) is 11.9 Å². The Morgan fingerprint density at radius 2 is 2.33 bits per heavy atom. The Kier molecular flexibility index (Phi) is 8.34. The van der Waals surface area contributed by atoms with Crippen molar-refractivity contribution in [3.8, 4) is 0 Å². The van der Waals surface area contributed by atoms with Crippen molar-refractivity contribution in [3.05, 3.63) is 22.4 Å². The molecule has 0 fully saturated rings. The number of thiophene rings is 1. The van der Waals surface area contributed by atoms with E-state index in [0.29, 0.717) is 12.3 Å². The van der Waals surface area contributed by atoms with Crippen LogP contribution in [-0.2, 0) is 11.2 Å². The summed E-state index contributed by atoms with van der Waals surface area (Å²) in [5.41, 5.74) is 0. The van der Waals surface area contributed by atoms with Gasteiger partial charge in [-0.3, -0.25) is 4.79 Å². The van der Waals surface area contributed by atoms with Crippen LogP contribution in [0.2, 0.25) is 0 Å². The van der Waals surface area contributed by atoms with Crippen LogP contribution in [0.4, 0.5) is 0 Å². The number of carbonyl (C=O) groups is 1. The van der Waals surface area contributed by atoms with Crippen LogP contribution in [-0.4, -0.2) is 17.8 Å². The molecular weight excluding hydrogens is 310 g/mol. The van der Waals surface area contributed by atoms with Gasteiger partial charge < -0.3 is 5.32 Å². The van der Waals surface area contributed by atoms with Crippen LogP contribution < -0.4 is 5.32 Å². The van der Waals surface area contributed by atoms with Gasteiger partial charge >= 0.3 is 0 Å². The van der Waals surface area contributed by atoms with E-state index in [4.69, 9.17) is 0 Å². The Hall–Kier alpha value is -0.350. The molecular formula is C14H22BrNOS. The molecule has 2 nitrogen and oxygen atoms in total. The minimum absolute atomic E-state index is 0.193. The summed E-state index contributed by atoms with van der Waals surface area (Å²) in [6, 6.07) is 4.19. The van der Waals surface area contributed by atoms with E-state index in [2.05, 4.69) is 45.7 Å². The summed E-state index contributed by atoms with van der Waals surface area (Å²) in [5.74, 6) is 0.888. The number of hydrogen-bond donors (Lipinski definition) is 1. The van der Waals surface area contributed by atoms with E-state index >= 15 is 0 Å². The first-order valence-electron chi connectivity index (χ1n) is 6.57. The molecule has 4 heteroatoms. The molecule has 1 unspecified atom stereocenters. The number of rotatable bonds is 9. The molecule has 1 N–H and O–H groups in total. The Labute approximate surface area is 122 Å². The Morgan fingerprint density at radius 1 is 1.50 bits per heavy atom. The maximum Gasteiger partial charge on any atom is 0.220 e. The van der Waals surface area contributed by atoms with E-state index in [9.17, 15) is 4.79 Å². The molecule has 0 aliphatic rings. The highest BCUT2D eigenvalue weighted by Gasteiger charge is 2.03. The topological polar surface area (TPSA) is 29.1 Å². The molecule has 18 heavy (non-hydrogen) atoms. The van der Waals surface area contributed by atoms with E-state index in [1.165, 1.54) is 11.3 Å². The maximum atomic E-state index is 11.6. The number of nitrogens with one attached hydrogen (secondary N) is 1. The summed E-state index contributed by atoms with van der Waals surface area (Å²) in [5, 5.41) is 6.12. The quantitative estimate of drug-likeness (QED) is 0.537. The van der Waals surface area contributed by atoms with Gasteiger partial charge in [0.2, 0.25) is 5.91 Å². The van der Waals surface area contributed by atoms with Gasteiger partial charge in [-0.05, 0) is 43.0 Å². The van der Waals surface area contributed by atoms with E-state index in [1.54, 1.807) is 11.3 Å². The average Bonchev–Trinajstić information content (AvgIpc) is 2.87. The second-order valence-electron chi connectivity index (χ2n) is 4.68. The van der Waals surface area contributed by atoms with Crippen LogP contribution in [0.5, 0.6) is 0 Å². The van der Waals surface area contributed by atoms with Crippen LogP contribution in [0.25, 0.3) is 0 Å². The van der Waals surface area contributed by atoms with Gasteiger partial charge in [0.25, 0.3) is 0 Å². The molecule has 0 aliphatic carbocycles. The van der Waals surface area contributed by atoms with Gasteiger partial charge in [-0.1, -0.05) is 28.9 Å². The van der Waals surface area contributed by atoms with Crippen molar-refractivity contribution in [2.45, 2.75) is 39.0 Å². The standard InChI is InChI=1S/C14H22BrNOS/c1-12(11-15)5-3-9-16-14(17)8-2-6-13-7-4-10-18-13/h4,7,10,12H,2-3,5-6,8-9,11H2,1H3,(H,16,17). The Morgan fingerprint density at radius 3 is 3.00 bits per heavy atom. The lowest BCUT2D eigenvalue weighted by molar-refractivity contribution is -0.121. The summed E-state index contributed by atoms with van der Waals surface area (Å²) < 4.78 is 0. The molecule has 0 bridgehead atoms. The highest BCUT2D eigenvalue weighted by Crippen LogP contribution is 2.12. The van der Waals surface area contributed by atoms with Crippen LogP contribution in [0, 0.1) is 5.92 Å². The van der Waals surface area contributed by atoms with Crippen LogP contribution in [0.1, 0.15) is 37.5 Å². The molecule has 1 atom stereocenters. The highest BCUT2D eigenvalue weighted by atomic mass is 79.9. The largest absolute Gasteiger partial charge is 0.356 e. The van der Waals surface area contributed by atoms with Crippen molar-refractivity contribution in [2.24, 2.45) is 5.92 Å². The van der Waals surface area contributed by atoms with Gasteiger partial charge in [0, 0.05) is 23.2 Å². The average molecular weight is 332 g/mol. The normalized spacial score (nSPS) is 12.3. The monoisotopic (exact) mass is 331 g/mol. The lowest BCUT2D eigenvalue weighted by Crippen LogP contribution is -2.24. The van der Waals surface area contributed by atoms with Crippen molar-refractivity contribution < 1.29 is 4.79 Å². The maximum absolute atomic E-state index is 11.6. The number of alkyl halides is 1. The predicted molar refractivity (Wildman–Crippen MR) is 82.5 cm³/mol. The third-order valence-corrected chi connectivity index (χ3v) is 4.91. The lowest BCUT2D eigenvalue weighted by atomic mass is 10.1. The summed E-state index contributed by atoms with van der Waals surface area (Å²) >= 11 is 5.23. The van der Waals surface area contributed by atoms with Gasteiger partial charge in [0.15, 0.2) is 0 Å². The van der Waals surface area contributed by atoms with Gasteiger partial charge in [0.1, 0.15) is 0 Å². The van der Waals surface area contributed by atoms with E-state index < -0.39 is 0 Å². The molecule has 1 amide bonds. The number of aryl methyl sites for hydroxylation is 1. The fourth-order valence-corrected chi connectivity index (χ4v) is 2.80. The van der Waals surface area contributed by atoms with Crippen LogP contribution in [0.3, 0.4) is 0 Å². The minimum atomic E-state index is 0.193. The SMILES string of the molecule is CC(CBr)CCCNC(=O)CCCc1cccs1. The molecule has 0 saturated carbocycles. The molecule has 1 aromatic heterocycles. The Balaban J connectivity index is 1.97. The third-order valence-electron chi connectivity index (χ3n) is 2.87. The molecule has 0 radical (unpaired) electrons. The number of carbonyl (C=O) groups excluding carboxylic acids is 1. The highest BCUT2D eigenvalue weighted by molar-refractivity contribution is 9.09. The molecule has 0 saturated heterocycles. The first-order chi connectivity index (χ1) is 8.72. The third kappa shape index (κ3) is 7.17. The molecule has 1 rings (SSSR count). The molecule has 0 aromatic carbocycles. The summed E-state index contributed by atoms with van der Waals surface area (Å²) in [4.78, 5) is 12.9. The fraction of sp³-hybridized carbons (Fsp3) is 0.643. The number of hydrogen-bond acceptors (Lipinski definition) is 2. The zero-order valence-electron chi connectivity index (χ0n) is 11.0. The second-order valence-corrected chi connectivity index (χ2v) is 6.36. The van der Waals surface area contributed by atoms with E-state index in [1.807, 2.05) is 0 Å². The summed E-state index contributed by atoms with van der Waals surface area (Å²) in [6.45, 7) is 3.03. The zero-order valence-corrected chi connectivity index (χ0v) is 13.4. The van der Waals surface area contributed by atoms with Crippen molar-refractivity contribution >= 4 is 33.2 Å². The van der Waals surface area contributed by atoms with Gasteiger partial charge in [-0.2, -0.15) is 0 Å². The second kappa shape index (κ2) is 9.56. The van der Waals surface area contributed by atoms with Crippen LogP contribution in [0.15, 0.2) is 17.5 Å². The van der Waals surface area contributed by atoms with Gasteiger partial charge in [-0.25, -0.2) is 0 Å². The van der Waals surface area contributed by atoms with Gasteiger partial charge in [-0.15, -0.1) is 11.3 Å². The van der Waals surface area contributed by atoms with Crippen molar-refractivity contribution in [3.63, 3.8) is 0 Å². The first kappa shape index (κ1) is 15.7.